The van der Waals surface area contributed by atoms with Gasteiger partial charge in [0.25, 0.3) is 0 Å². The zero-order valence-electron chi connectivity index (χ0n) is 12.7. The molecule has 0 saturated carbocycles. The Hall–Kier alpha value is -1.74. The molecule has 3 aromatic rings. The predicted octanol–water partition coefficient (Wildman–Crippen LogP) is 5.16. The Labute approximate surface area is 129 Å². The summed E-state index contributed by atoms with van der Waals surface area (Å²) >= 11 is 6.35. The number of rotatable bonds is 3. The SMILES string of the molecule is Cc1cc(C(C)n2c(C(C)Cl)nc3ccccc32)c(C)o1. The van der Waals surface area contributed by atoms with E-state index in [9.17, 15) is 0 Å². The summed E-state index contributed by atoms with van der Waals surface area (Å²) in [5, 5.41) is -0.145. The van der Waals surface area contributed by atoms with E-state index in [2.05, 4.69) is 23.6 Å². The lowest BCUT2D eigenvalue weighted by atomic mass is 10.1. The molecular formula is C17H19ClN2O. The van der Waals surface area contributed by atoms with Crippen LogP contribution in [0.2, 0.25) is 0 Å². The van der Waals surface area contributed by atoms with E-state index in [-0.39, 0.29) is 11.4 Å². The molecule has 0 aliphatic carbocycles. The molecule has 110 valence electrons. The molecule has 0 amide bonds. The minimum atomic E-state index is -0.145. The number of hydrogen-bond donors (Lipinski definition) is 0. The molecule has 2 unspecified atom stereocenters. The fraction of sp³-hybridized carbons (Fsp3) is 0.353. The maximum absolute atomic E-state index is 6.35. The van der Waals surface area contributed by atoms with Crippen LogP contribution < -0.4 is 0 Å². The van der Waals surface area contributed by atoms with Gasteiger partial charge in [-0.25, -0.2) is 4.98 Å². The fourth-order valence-electron chi connectivity index (χ4n) is 2.96. The molecule has 4 heteroatoms. The van der Waals surface area contributed by atoms with Gasteiger partial charge in [-0.15, -0.1) is 11.6 Å². The number of para-hydroxylation sites is 2. The monoisotopic (exact) mass is 302 g/mol. The Morgan fingerprint density at radius 2 is 1.90 bits per heavy atom. The number of alkyl halides is 1. The highest BCUT2D eigenvalue weighted by atomic mass is 35.5. The van der Waals surface area contributed by atoms with Crippen LogP contribution in [0.5, 0.6) is 0 Å². The van der Waals surface area contributed by atoms with Crippen molar-refractivity contribution in [3.63, 3.8) is 0 Å². The third kappa shape index (κ3) is 2.36. The fourth-order valence-corrected chi connectivity index (χ4v) is 3.11. The Kier molecular flexibility index (Phi) is 3.54. The average Bonchev–Trinajstić information content (AvgIpc) is 2.98. The molecule has 0 N–H and O–H groups in total. The molecule has 3 rings (SSSR count). The van der Waals surface area contributed by atoms with Crippen LogP contribution in [0.1, 0.15) is 48.2 Å². The first kappa shape index (κ1) is 14.2. The van der Waals surface area contributed by atoms with Gasteiger partial charge in [-0.05, 0) is 45.9 Å². The van der Waals surface area contributed by atoms with Crippen molar-refractivity contribution in [2.45, 2.75) is 39.1 Å². The van der Waals surface area contributed by atoms with E-state index >= 15 is 0 Å². The summed E-state index contributed by atoms with van der Waals surface area (Å²) < 4.78 is 7.89. The van der Waals surface area contributed by atoms with E-state index in [0.717, 1.165) is 28.4 Å². The number of aryl methyl sites for hydroxylation is 2. The maximum Gasteiger partial charge on any atom is 0.128 e. The molecule has 21 heavy (non-hydrogen) atoms. The lowest BCUT2D eigenvalue weighted by Gasteiger charge is -2.18. The van der Waals surface area contributed by atoms with Gasteiger partial charge in [0.15, 0.2) is 0 Å². The van der Waals surface area contributed by atoms with Crippen LogP contribution in [0, 0.1) is 13.8 Å². The van der Waals surface area contributed by atoms with E-state index in [1.54, 1.807) is 0 Å². The molecule has 0 radical (unpaired) electrons. The summed E-state index contributed by atoms with van der Waals surface area (Å²) in [6.07, 6.45) is 0. The van der Waals surface area contributed by atoms with Crippen LogP contribution in [0.4, 0.5) is 0 Å². The highest BCUT2D eigenvalue weighted by Crippen LogP contribution is 2.33. The molecule has 1 aromatic carbocycles. The summed E-state index contributed by atoms with van der Waals surface area (Å²) in [6, 6.07) is 10.4. The quantitative estimate of drug-likeness (QED) is 0.626. The van der Waals surface area contributed by atoms with E-state index in [1.807, 2.05) is 39.0 Å². The van der Waals surface area contributed by atoms with Crippen LogP contribution in [0.25, 0.3) is 11.0 Å². The summed E-state index contributed by atoms with van der Waals surface area (Å²) in [5.41, 5.74) is 3.25. The third-order valence-corrected chi connectivity index (χ3v) is 4.09. The lowest BCUT2D eigenvalue weighted by Crippen LogP contribution is -2.11. The first-order valence-corrected chi connectivity index (χ1v) is 7.60. The van der Waals surface area contributed by atoms with E-state index < -0.39 is 0 Å². The van der Waals surface area contributed by atoms with Crippen molar-refractivity contribution in [1.29, 1.82) is 0 Å². The number of fused-ring (bicyclic) bond motifs is 1. The predicted molar refractivity (Wildman–Crippen MR) is 86.0 cm³/mol. The van der Waals surface area contributed by atoms with Gasteiger partial charge >= 0.3 is 0 Å². The first-order valence-electron chi connectivity index (χ1n) is 7.17. The second kappa shape index (κ2) is 5.23. The second-order valence-electron chi connectivity index (χ2n) is 5.49. The highest BCUT2D eigenvalue weighted by Gasteiger charge is 2.22. The molecule has 0 fully saturated rings. The van der Waals surface area contributed by atoms with Crippen LogP contribution in [0.3, 0.4) is 0 Å². The van der Waals surface area contributed by atoms with Crippen molar-refractivity contribution < 1.29 is 4.42 Å². The molecule has 3 nitrogen and oxygen atoms in total. The summed E-state index contributed by atoms with van der Waals surface area (Å²) in [6.45, 7) is 8.09. The zero-order chi connectivity index (χ0) is 15.1. The van der Waals surface area contributed by atoms with E-state index in [1.165, 1.54) is 5.56 Å². The number of halogens is 1. The molecule has 2 atom stereocenters. The van der Waals surface area contributed by atoms with Crippen LogP contribution in [-0.4, -0.2) is 9.55 Å². The number of aromatic nitrogens is 2. The highest BCUT2D eigenvalue weighted by molar-refractivity contribution is 6.20. The average molecular weight is 303 g/mol. The maximum atomic E-state index is 6.35. The third-order valence-electron chi connectivity index (χ3n) is 3.90. The molecule has 2 heterocycles. The normalized spacial score (nSPS) is 14.5. The van der Waals surface area contributed by atoms with Crippen molar-refractivity contribution >= 4 is 22.6 Å². The number of imidazole rings is 1. The first-order chi connectivity index (χ1) is 9.99. The van der Waals surface area contributed by atoms with Crippen LogP contribution in [-0.2, 0) is 0 Å². The van der Waals surface area contributed by atoms with E-state index in [4.69, 9.17) is 21.0 Å². The molecule has 2 aromatic heterocycles. The number of furan rings is 1. The van der Waals surface area contributed by atoms with Gasteiger partial charge in [-0.2, -0.15) is 0 Å². The topological polar surface area (TPSA) is 31.0 Å². The Bertz CT molecular complexity index is 785. The van der Waals surface area contributed by atoms with Gasteiger partial charge in [0.2, 0.25) is 0 Å². The van der Waals surface area contributed by atoms with Gasteiger partial charge in [0, 0.05) is 5.56 Å². The van der Waals surface area contributed by atoms with Gasteiger partial charge in [0.05, 0.1) is 22.5 Å². The van der Waals surface area contributed by atoms with E-state index in [0.29, 0.717) is 0 Å². The van der Waals surface area contributed by atoms with Crippen molar-refractivity contribution in [2.75, 3.05) is 0 Å². The smallest absolute Gasteiger partial charge is 0.128 e. The summed E-state index contributed by atoms with van der Waals surface area (Å²) in [5.74, 6) is 2.77. The Morgan fingerprint density at radius 1 is 1.19 bits per heavy atom. The molecule has 0 spiro atoms. The van der Waals surface area contributed by atoms with Crippen LogP contribution in [0.15, 0.2) is 34.7 Å². The van der Waals surface area contributed by atoms with Crippen molar-refractivity contribution in [3.05, 3.63) is 53.2 Å². The molecule has 0 saturated heterocycles. The minimum absolute atomic E-state index is 0.131. The standard InChI is InChI=1S/C17H19ClN2O/c1-10-9-14(13(4)21-10)12(3)20-16-8-6-5-7-15(16)19-17(20)11(2)18/h5-9,11-12H,1-4H3. The summed E-state index contributed by atoms with van der Waals surface area (Å²) in [4.78, 5) is 4.70. The Morgan fingerprint density at radius 3 is 2.52 bits per heavy atom. The van der Waals surface area contributed by atoms with Crippen molar-refractivity contribution in [2.24, 2.45) is 0 Å². The molecular weight excluding hydrogens is 284 g/mol. The van der Waals surface area contributed by atoms with Gasteiger partial charge in [-0.3, -0.25) is 0 Å². The van der Waals surface area contributed by atoms with Gasteiger partial charge in [0.1, 0.15) is 17.3 Å². The zero-order valence-corrected chi connectivity index (χ0v) is 13.5. The Balaban J connectivity index is 2.22. The lowest BCUT2D eigenvalue weighted by molar-refractivity contribution is 0.493. The van der Waals surface area contributed by atoms with Gasteiger partial charge < -0.3 is 8.98 Å². The largest absolute Gasteiger partial charge is 0.466 e. The van der Waals surface area contributed by atoms with Crippen molar-refractivity contribution in [3.8, 4) is 0 Å². The second-order valence-corrected chi connectivity index (χ2v) is 6.14. The summed E-state index contributed by atoms with van der Waals surface area (Å²) in [7, 11) is 0. The molecule has 0 bridgehead atoms. The molecule has 0 aliphatic heterocycles. The number of benzene rings is 1. The minimum Gasteiger partial charge on any atom is -0.466 e. The number of nitrogens with zero attached hydrogens (tertiary/aromatic N) is 2. The van der Waals surface area contributed by atoms with Gasteiger partial charge in [-0.1, -0.05) is 12.1 Å². The molecule has 0 aliphatic rings. The number of hydrogen-bond acceptors (Lipinski definition) is 2. The van der Waals surface area contributed by atoms with Crippen molar-refractivity contribution in [1.82, 2.24) is 9.55 Å². The van der Waals surface area contributed by atoms with Crippen LogP contribution >= 0.6 is 11.6 Å².